The summed E-state index contributed by atoms with van der Waals surface area (Å²) in [6, 6.07) is 6.56. The molecular weight excluding hydrogens is 366 g/mol. The Kier molecular flexibility index (Phi) is 7.12. The topological polar surface area (TPSA) is 84.7 Å². The molecule has 1 aromatic rings. The van der Waals surface area contributed by atoms with Gasteiger partial charge in [-0.25, -0.2) is 0 Å². The molecule has 0 aromatic heterocycles. The Morgan fingerprint density at radius 2 is 1.85 bits per heavy atom. The molecule has 1 aliphatic carbocycles. The maximum Gasteiger partial charge on any atom is 0.251 e. The second kappa shape index (κ2) is 8.93. The van der Waals surface area contributed by atoms with E-state index in [0.29, 0.717) is 29.7 Å². The first-order valence-corrected chi connectivity index (χ1v) is 9.40. The Morgan fingerprint density at radius 3 is 2.41 bits per heavy atom. The summed E-state index contributed by atoms with van der Waals surface area (Å²) < 4.78 is 5.12. The Bertz CT molecular complexity index is 665. The fourth-order valence-electron chi connectivity index (χ4n) is 4.16. The van der Waals surface area contributed by atoms with Gasteiger partial charge in [-0.05, 0) is 54.9 Å². The van der Waals surface area contributed by atoms with Gasteiger partial charge in [-0.3, -0.25) is 9.59 Å². The minimum absolute atomic E-state index is 0. The van der Waals surface area contributed by atoms with Gasteiger partial charge in [0.1, 0.15) is 11.8 Å². The number of nitrogens with one attached hydrogen (secondary N) is 1. The fourth-order valence-corrected chi connectivity index (χ4v) is 4.16. The molecule has 0 bridgehead atoms. The SMILES string of the molecule is COc1ccc(C(=O)NC(C(=O)N2CC3CCC(N)C3C2)C(C)C)cc1.Cl. The maximum atomic E-state index is 13.0. The summed E-state index contributed by atoms with van der Waals surface area (Å²) in [7, 11) is 1.58. The largest absolute Gasteiger partial charge is 0.497 e. The normalized spacial score (nSPS) is 24.9. The lowest BCUT2D eigenvalue weighted by Crippen LogP contribution is -2.51. The van der Waals surface area contributed by atoms with E-state index in [2.05, 4.69) is 5.32 Å². The van der Waals surface area contributed by atoms with Gasteiger partial charge in [-0.1, -0.05) is 13.8 Å². The summed E-state index contributed by atoms with van der Waals surface area (Å²) in [6.07, 6.45) is 2.15. The van der Waals surface area contributed by atoms with E-state index in [1.54, 1.807) is 31.4 Å². The molecule has 150 valence electrons. The molecule has 0 radical (unpaired) electrons. The molecular formula is C20H30ClN3O3. The van der Waals surface area contributed by atoms with Crippen LogP contribution in [0, 0.1) is 17.8 Å². The molecule has 1 aromatic carbocycles. The van der Waals surface area contributed by atoms with Gasteiger partial charge in [0.2, 0.25) is 5.91 Å². The molecule has 3 N–H and O–H groups in total. The first-order valence-electron chi connectivity index (χ1n) is 9.40. The number of carbonyl (C=O) groups is 2. The van der Waals surface area contributed by atoms with Crippen LogP contribution in [0.5, 0.6) is 5.75 Å². The monoisotopic (exact) mass is 395 g/mol. The number of hydrogen-bond acceptors (Lipinski definition) is 4. The molecule has 1 aliphatic heterocycles. The van der Waals surface area contributed by atoms with Crippen molar-refractivity contribution in [3.8, 4) is 5.75 Å². The zero-order valence-electron chi connectivity index (χ0n) is 16.2. The van der Waals surface area contributed by atoms with E-state index in [-0.39, 0.29) is 36.2 Å². The van der Waals surface area contributed by atoms with Crippen LogP contribution >= 0.6 is 12.4 Å². The molecule has 2 fully saturated rings. The third-order valence-electron chi connectivity index (χ3n) is 5.80. The van der Waals surface area contributed by atoms with Crippen molar-refractivity contribution in [2.45, 2.75) is 38.8 Å². The maximum absolute atomic E-state index is 13.0. The van der Waals surface area contributed by atoms with Crippen LogP contribution in [0.4, 0.5) is 0 Å². The number of rotatable bonds is 5. The van der Waals surface area contributed by atoms with Crippen LogP contribution in [0.15, 0.2) is 24.3 Å². The lowest BCUT2D eigenvalue weighted by Gasteiger charge is -2.28. The van der Waals surface area contributed by atoms with E-state index >= 15 is 0 Å². The zero-order valence-corrected chi connectivity index (χ0v) is 17.0. The van der Waals surface area contributed by atoms with Gasteiger partial charge < -0.3 is 20.7 Å². The number of likely N-dealkylation sites (tertiary alicyclic amines) is 1. The number of hydrogen-bond donors (Lipinski definition) is 2. The zero-order chi connectivity index (χ0) is 18.8. The minimum atomic E-state index is -0.528. The summed E-state index contributed by atoms with van der Waals surface area (Å²) in [4.78, 5) is 27.5. The van der Waals surface area contributed by atoms with Crippen LogP contribution in [0.1, 0.15) is 37.0 Å². The highest BCUT2D eigenvalue weighted by Crippen LogP contribution is 2.37. The average Bonchev–Trinajstić information content (AvgIpc) is 3.21. The van der Waals surface area contributed by atoms with Crippen LogP contribution in [0.2, 0.25) is 0 Å². The average molecular weight is 396 g/mol. The minimum Gasteiger partial charge on any atom is -0.497 e. The number of amides is 2. The van der Waals surface area contributed by atoms with Gasteiger partial charge in [0.05, 0.1) is 7.11 Å². The van der Waals surface area contributed by atoms with Gasteiger partial charge >= 0.3 is 0 Å². The van der Waals surface area contributed by atoms with E-state index < -0.39 is 6.04 Å². The quantitative estimate of drug-likeness (QED) is 0.799. The molecule has 0 spiro atoms. The summed E-state index contributed by atoms with van der Waals surface area (Å²) in [5, 5.41) is 2.92. The van der Waals surface area contributed by atoms with Crippen LogP contribution < -0.4 is 15.8 Å². The lowest BCUT2D eigenvalue weighted by atomic mass is 9.98. The van der Waals surface area contributed by atoms with Crippen molar-refractivity contribution in [3.63, 3.8) is 0 Å². The number of fused-ring (bicyclic) bond motifs is 1. The van der Waals surface area contributed by atoms with Gasteiger partial charge in [0.15, 0.2) is 0 Å². The van der Waals surface area contributed by atoms with Crippen molar-refractivity contribution in [1.82, 2.24) is 10.2 Å². The van der Waals surface area contributed by atoms with Crippen LogP contribution in [0.25, 0.3) is 0 Å². The number of benzene rings is 1. The van der Waals surface area contributed by atoms with Crippen LogP contribution in [0.3, 0.4) is 0 Å². The molecule has 1 heterocycles. The van der Waals surface area contributed by atoms with Crippen molar-refractivity contribution in [1.29, 1.82) is 0 Å². The predicted molar refractivity (Wildman–Crippen MR) is 107 cm³/mol. The van der Waals surface area contributed by atoms with E-state index in [1.807, 2.05) is 18.7 Å². The molecule has 2 amide bonds. The van der Waals surface area contributed by atoms with Gasteiger partial charge in [-0.15, -0.1) is 12.4 Å². The third kappa shape index (κ3) is 4.55. The van der Waals surface area contributed by atoms with E-state index in [4.69, 9.17) is 10.5 Å². The highest BCUT2D eigenvalue weighted by Gasteiger charge is 2.44. The summed E-state index contributed by atoms with van der Waals surface area (Å²) in [5.41, 5.74) is 6.70. The molecule has 2 aliphatic rings. The number of nitrogens with zero attached hydrogens (tertiary/aromatic N) is 1. The predicted octanol–water partition coefficient (Wildman–Crippen LogP) is 2.07. The first-order chi connectivity index (χ1) is 12.4. The second-order valence-electron chi connectivity index (χ2n) is 7.83. The molecule has 7 heteroatoms. The first kappa shape index (κ1) is 21.5. The van der Waals surface area contributed by atoms with Crippen molar-refractivity contribution in [3.05, 3.63) is 29.8 Å². The van der Waals surface area contributed by atoms with Crippen molar-refractivity contribution < 1.29 is 14.3 Å². The van der Waals surface area contributed by atoms with Crippen molar-refractivity contribution >= 4 is 24.2 Å². The van der Waals surface area contributed by atoms with Gasteiger partial charge in [0, 0.05) is 24.7 Å². The molecule has 1 saturated carbocycles. The third-order valence-corrected chi connectivity index (χ3v) is 5.80. The van der Waals surface area contributed by atoms with Crippen LogP contribution in [-0.2, 0) is 4.79 Å². The number of carbonyl (C=O) groups excluding carboxylic acids is 2. The van der Waals surface area contributed by atoms with E-state index in [1.165, 1.54) is 0 Å². The molecule has 4 atom stereocenters. The van der Waals surface area contributed by atoms with Crippen molar-refractivity contribution in [2.75, 3.05) is 20.2 Å². The highest BCUT2D eigenvalue weighted by molar-refractivity contribution is 5.97. The van der Waals surface area contributed by atoms with E-state index in [0.717, 1.165) is 19.4 Å². The van der Waals surface area contributed by atoms with Crippen LogP contribution in [-0.4, -0.2) is 49.0 Å². The smallest absolute Gasteiger partial charge is 0.251 e. The molecule has 4 unspecified atom stereocenters. The summed E-state index contributed by atoms with van der Waals surface area (Å²) in [5.74, 6) is 1.39. The van der Waals surface area contributed by atoms with E-state index in [9.17, 15) is 9.59 Å². The molecule has 27 heavy (non-hydrogen) atoms. The fraction of sp³-hybridized carbons (Fsp3) is 0.600. The standard InChI is InChI=1S/C20H29N3O3.ClH/c1-12(2)18(22-19(24)13-4-7-15(26-3)8-5-13)20(25)23-10-14-6-9-17(21)16(14)11-23;/h4-5,7-8,12,14,16-18H,6,9-11,21H2,1-3H3,(H,22,24);1H. The van der Waals surface area contributed by atoms with Gasteiger partial charge in [0.25, 0.3) is 5.91 Å². The number of methoxy groups -OCH3 is 1. The number of nitrogens with two attached hydrogens (primary N) is 1. The summed E-state index contributed by atoms with van der Waals surface area (Å²) >= 11 is 0. The Hall–Kier alpha value is -1.79. The Morgan fingerprint density at radius 1 is 1.19 bits per heavy atom. The molecule has 1 saturated heterocycles. The second-order valence-corrected chi connectivity index (χ2v) is 7.83. The lowest BCUT2D eigenvalue weighted by molar-refractivity contribution is -0.133. The molecule has 6 nitrogen and oxygen atoms in total. The number of halogens is 1. The highest BCUT2D eigenvalue weighted by atomic mass is 35.5. The van der Waals surface area contributed by atoms with Gasteiger partial charge in [-0.2, -0.15) is 0 Å². The summed E-state index contributed by atoms with van der Waals surface area (Å²) in [6.45, 7) is 5.39. The molecule has 3 rings (SSSR count). The van der Waals surface area contributed by atoms with Crippen molar-refractivity contribution in [2.24, 2.45) is 23.5 Å². The Labute approximate surface area is 167 Å². The Balaban J connectivity index is 0.00000261. The number of ether oxygens (including phenoxy) is 1.